The molecule has 0 spiro atoms. The maximum absolute atomic E-state index is 3.60. The smallest absolute Gasteiger partial charge is 0.0486 e. The van der Waals surface area contributed by atoms with Crippen LogP contribution in [0.5, 0.6) is 0 Å². The lowest BCUT2D eigenvalue weighted by Crippen LogP contribution is -2.34. The largest absolute Gasteiger partial charge is 0.343 e. The molecule has 120 valence electrons. The van der Waals surface area contributed by atoms with Gasteiger partial charge in [-0.1, -0.05) is 48.0 Å². The zero-order valence-electron chi connectivity index (χ0n) is 14.6. The van der Waals surface area contributed by atoms with E-state index in [1.54, 1.807) is 0 Å². The first-order valence-electron chi connectivity index (χ1n) is 8.30. The predicted molar refractivity (Wildman–Crippen MR) is 98.8 cm³/mol. The van der Waals surface area contributed by atoms with Gasteiger partial charge in [-0.25, -0.2) is 0 Å². The summed E-state index contributed by atoms with van der Waals surface area (Å²) in [5.41, 5.74) is 5.44. The van der Waals surface area contributed by atoms with Crippen LogP contribution < -0.4 is 5.32 Å². The molecular formula is C21H26N2. The Morgan fingerprint density at radius 2 is 1.65 bits per heavy atom. The summed E-state index contributed by atoms with van der Waals surface area (Å²) in [5.74, 6) is 0. The molecule has 0 bridgehead atoms. The van der Waals surface area contributed by atoms with E-state index in [1.807, 2.05) is 0 Å². The minimum Gasteiger partial charge on any atom is -0.343 e. The van der Waals surface area contributed by atoms with Crippen LogP contribution in [-0.4, -0.2) is 10.1 Å². The van der Waals surface area contributed by atoms with Crippen LogP contribution in [0.1, 0.15) is 37.5 Å². The number of benzene rings is 2. The van der Waals surface area contributed by atoms with Crippen LogP contribution in [0, 0.1) is 6.92 Å². The van der Waals surface area contributed by atoms with Gasteiger partial charge in [-0.2, -0.15) is 0 Å². The van der Waals surface area contributed by atoms with Crippen LogP contribution in [0.3, 0.4) is 0 Å². The second-order valence-electron chi connectivity index (χ2n) is 7.39. The average Bonchev–Trinajstić information content (AvgIpc) is 2.85. The highest BCUT2D eigenvalue weighted by Gasteiger charge is 2.12. The Hall–Kier alpha value is -2.06. The number of hydrogen-bond acceptors (Lipinski definition) is 1. The normalized spacial score (nSPS) is 12.0. The molecule has 0 saturated heterocycles. The first-order valence-corrected chi connectivity index (χ1v) is 8.30. The van der Waals surface area contributed by atoms with Crippen molar-refractivity contribution in [2.75, 3.05) is 0 Å². The molecule has 1 heterocycles. The summed E-state index contributed by atoms with van der Waals surface area (Å²) < 4.78 is 2.36. The quantitative estimate of drug-likeness (QED) is 0.726. The molecule has 0 amide bonds. The molecule has 1 N–H and O–H groups in total. The molecule has 0 fully saturated rings. The van der Waals surface area contributed by atoms with Crippen molar-refractivity contribution in [1.82, 2.24) is 9.88 Å². The van der Waals surface area contributed by atoms with Crippen molar-refractivity contribution < 1.29 is 0 Å². The van der Waals surface area contributed by atoms with E-state index in [4.69, 9.17) is 0 Å². The molecule has 3 aromatic rings. The molecule has 0 atom stereocenters. The molecule has 0 aliphatic heterocycles. The third-order valence-electron chi connectivity index (χ3n) is 4.15. The monoisotopic (exact) mass is 306 g/mol. The maximum Gasteiger partial charge on any atom is 0.0486 e. The molecule has 0 saturated carbocycles. The minimum absolute atomic E-state index is 0.125. The van der Waals surface area contributed by atoms with E-state index in [-0.39, 0.29) is 5.54 Å². The van der Waals surface area contributed by atoms with E-state index >= 15 is 0 Å². The fourth-order valence-electron chi connectivity index (χ4n) is 2.85. The molecule has 2 heteroatoms. The lowest BCUT2D eigenvalue weighted by molar-refractivity contribution is 0.425. The molecule has 1 aromatic heterocycles. The Bertz CT molecular complexity index is 789. The lowest BCUT2D eigenvalue weighted by atomic mass is 10.1. The van der Waals surface area contributed by atoms with Gasteiger partial charge in [0.15, 0.2) is 0 Å². The van der Waals surface area contributed by atoms with E-state index in [0.29, 0.717) is 0 Å². The lowest BCUT2D eigenvalue weighted by Gasteiger charge is -2.20. The van der Waals surface area contributed by atoms with Gasteiger partial charge in [0.05, 0.1) is 0 Å². The predicted octanol–water partition coefficient (Wildman–Crippen LogP) is 4.89. The Kier molecular flexibility index (Phi) is 4.27. The molecule has 23 heavy (non-hydrogen) atoms. The molecule has 0 unspecified atom stereocenters. The van der Waals surface area contributed by atoms with Crippen LogP contribution in [0.4, 0.5) is 0 Å². The summed E-state index contributed by atoms with van der Waals surface area (Å²) in [6.45, 7) is 10.6. The van der Waals surface area contributed by atoms with E-state index in [2.05, 4.69) is 92.3 Å². The van der Waals surface area contributed by atoms with Gasteiger partial charge in [0, 0.05) is 35.7 Å². The number of fused-ring (bicyclic) bond motifs is 1. The third kappa shape index (κ3) is 3.83. The van der Waals surface area contributed by atoms with Gasteiger partial charge in [-0.3, -0.25) is 0 Å². The molecular weight excluding hydrogens is 280 g/mol. The Labute approximate surface area is 139 Å². The summed E-state index contributed by atoms with van der Waals surface area (Å²) in [5, 5.41) is 4.95. The first kappa shape index (κ1) is 15.8. The van der Waals surface area contributed by atoms with E-state index < -0.39 is 0 Å². The van der Waals surface area contributed by atoms with Gasteiger partial charge in [-0.15, -0.1) is 0 Å². The molecule has 0 aliphatic carbocycles. The Balaban J connectivity index is 1.92. The van der Waals surface area contributed by atoms with Crippen molar-refractivity contribution in [3.8, 4) is 0 Å². The number of aryl methyl sites for hydroxylation is 1. The number of hydrogen-bond donors (Lipinski definition) is 1. The highest BCUT2D eigenvalue weighted by molar-refractivity contribution is 5.84. The van der Waals surface area contributed by atoms with E-state index in [9.17, 15) is 0 Å². The second kappa shape index (κ2) is 6.21. The van der Waals surface area contributed by atoms with Crippen molar-refractivity contribution in [2.24, 2.45) is 0 Å². The number of rotatable bonds is 4. The fraction of sp³-hybridized carbons (Fsp3) is 0.333. The van der Waals surface area contributed by atoms with Crippen molar-refractivity contribution in [3.05, 3.63) is 71.4 Å². The minimum atomic E-state index is 0.125. The third-order valence-corrected chi connectivity index (χ3v) is 4.15. The van der Waals surface area contributed by atoms with E-state index in [1.165, 1.54) is 27.6 Å². The van der Waals surface area contributed by atoms with Crippen LogP contribution in [-0.2, 0) is 13.1 Å². The van der Waals surface area contributed by atoms with Gasteiger partial charge in [0.2, 0.25) is 0 Å². The van der Waals surface area contributed by atoms with Gasteiger partial charge < -0.3 is 9.88 Å². The Morgan fingerprint density at radius 1 is 0.957 bits per heavy atom. The highest BCUT2D eigenvalue weighted by atomic mass is 15.0. The molecule has 0 aliphatic rings. The second-order valence-corrected chi connectivity index (χ2v) is 7.39. The highest BCUT2D eigenvalue weighted by Crippen LogP contribution is 2.23. The zero-order valence-corrected chi connectivity index (χ0v) is 14.6. The van der Waals surface area contributed by atoms with Crippen molar-refractivity contribution in [1.29, 1.82) is 0 Å². The summed E-state index contributed by atoms with van der Waals surface area (Å²) in [7, 11) is 0. The van der Waals surface area contributed by atoms with Crippen LogP contribution >= 0.6 is 0 Å². The van der Waals surface area contributed by atoms with Crippen molar-refractivity contribution >= 4 is 10.9 Å². The topological polar surface area (TPSA) is 17.0 Å². The van der Waals surface area contributed by atoms with Crippen molar-refractivity contribution in [3.63, 3.8) is 0 Å². The number of aromatic nitrogens is 1. The summed E-state index contributed by atoms with van der Waals surface area (Å²) in [6.07, 6.45) is 2.29. The molecule has 2 aromatic carbocycles. The molecule has 0 radical (unpaired) electrons. The van der Waals surface area contributed by atoms with Gasteiger partial charge in [0.1, 0.15) is 0 Å². The van der Waals surface area contributed by atoms with Crippen LogP contribution in [0.2, 0.25) is 0 Å². The Morgan fingerprint density at radius 3 is 2.35 bits per heavy atom. The van der Waals surface area contributed by atoms with Gasteiger partial charge >= 0.3 is 0 Å². The SMILES string of the molecule is Cc1ccc(Cn2cc(CNC(C)(C)C)c3ccccc32)cc1. The summed E-state index contributed by atoms with van der Waals surface area (Å²) in [4.78, 5) is 0. The summed E-state index contributed by atoms with van der Waals surface area (Å²) in [6, 6.07) is 17.5. The van der Waals surface area contributed by atoms with Crippen LogP contribution in [0.15, 0.2) is 54.7 Å². The van der Waals surface area contributed by atoms with Crippen molar-refractivity contribution in [2.45, 2.75) is 46.3 Å². The fourth-order valence-corrected chi connectivity index (χ4v) is 2.85. The maximum atomic E-state index is 3.60. The first-order chi connectivity index (χ1) is 10.9. The number of nitrogens with zero attached hydrogens (tertiary/aromatic N) is 1. The number of para-hydroxylation sites is 1. The van der Waals surface area contributed by atoms with Crippen LogP contribution in [0.25, 0.3) is 10.9 Å². The van der Waals surface area contributed by atoms with E-state index in [0.717, 1.165) is 13.1 Å². The van der Waals surface area contributed by atoms with Gasteiger partial charge in [0.25, 0.3) is 0 Å². The average molecular weight is 306 g/mol. The summed E-state index contributed by atoms with van der Waals surface area (Å²) >= 11 is 0. The molecule has 3 rings (SSSR count). The standard InChI is InChI=1S/C21H26N2/c1-16-9-11-17(12-10-16)14-23-15-18(13-22-21(2,3)4)19-7-5-6-8-20(19)23/h5-12,15,22H,13-14H2,1-4H3. The molecule has 2 nitrogen and oxygen atoms in total. The zero-order chi connectivity index (χ0) is 16.4. The van der Waals surface area contributed by atoms with Gasteiger partial charge in [-0.05, 0) is 44.9 Å². The number of nitrogens with one attached hydrogen (secondary N) is 1.